The second-order valence-electron chi connectivity index (χ2n) is 2.25. The fourth-order valence-electron chi connectivity index (χ4n) is 0.722. The number of nitrogens with zero attached hydrogens (tertiary/aromatic N) is 1. The lowest BCUT2D eigenvalue weighted by atomic mass is 10.4. The number of halogens is 1. The van der Waals surface area contributed by atoms with Gasteiger partial charge in [0, 0.05) is 17.9 Å². The summed E-state index contributed by atoms with van der Waals surface area (Å²) in [5.74, 6) is -0.296. The molecule has 6 heteroatoms. The molecule has 0 spiro atoms. The first-order chi connectivity index (χ1) is 6.24. The Morgan fingerprint density at radius 1 is 1.62 bits per heavy atom. The second kappa shape index (κ2) is 4.76. The number of nitrogens with one attached hydrogen (secondary N) is 2. The lowest BCUT2D eigenvalue weighted by molar-refractivity contribution is 0.0950. The molecule has 0 atom stereocenters. The van der Waals surface area contributed by atoms with Gasteiger partial charge in [-0.3, -0.25) is 9.59 Å². The maximum absolute atomic E-state index is 11.2. The third kappa shape index (κ3) is 2.98. The quantitative estimate of drug-likeness (QED) is 0.731. The summed E-state index contributed by atoms with van der Waals surface area (Å²) < 4.78 is 0. The highest BCUT2D eigenvalue weighted by Gasteiger charge is 2.04. The summed E-state index contributed by atoms with van der Waals surface area (Å²) >= 11 is 3.17. The average Bonchev–Trinajstić information content (AvgIpc) is 2.15. The number of aromatic amines is 1. The zero-order chi connectivity index (χ0) is 9.68. The van der Waals surface area contributed by atoms with E-state index in [1.165, 1.54) is 12.1 Å². The first kappa shape index (κ1) is 9.91. The SMILES string of the molecule is O=C(NCCBr)c1ccc(=O)[nH]n1. The molecule has 0 aliphatic heterocycles. The van der Waals surface area contributed by atoms with Crippen molar-refractivity contribution in [1.29, 1.82) is 0 Å². The number of carbonyl (C=O) groups is 1. The fourth-order valence-corrected chi connectivity index (χ4v) is 0.921. The Bertz CT molecular complexity index is 329. The van der Waals surface area contributed by atoms with E-state index in [9.17, 15) is 9.59 Å². The minimum atomic E-state index is -0.322. The van der Waals surface area contributed by atoms with Crippen LogP contribution in [0.15, 0.2) is 16.9 Å². The number of hydrogen-bond acceptors (Lipinski definition) is 3. The van der Waals surface area contributed by atoms with Gasteiger partial charge < -0.3 is 5.32 Å². The van der Waals surface area contributed by atoms with Crippen molar-refractivity contribution < 1.29 is 4.79 Å². The Kier molecular flexibility index (Phi) is 3.63. The van der Waals surface area contributed by atoms with E-state index in [0.29, 0.717) is 11.9 Å². The van der Waals surface area contributed by atoms with Crippen LogP contribution in [0.3, 0.4) is 0 Å². The highest BCUT2D eigenvalue weighted by molar-refractivity contribution is 9.09. The standard InChI is InChI=1S/C7H8BrN3O2/c8-3-4-9-7(13)5-1-2-6(12)11-10-5/h1-2H,3-4H2,(H,9,13)(H,11,12). The van der Waals surface area contributed by atoms with Gasteiger partial charge in [0.25, 0.3) is 11.5 Å². The highest BCUT2D eigenvalue weighted by atomic mass is 79.9. The molecule has 70 valence electrons. The summed E-state index contributed by atoms with van der Waals surface area (Å²) in [7, 11) is 0. The molecule has 1 amide bonds. The largest absolute Gasteiger partial charge is 0.350 e. The second-order valence-corrected chi connectivity index (χ2v) is 3.04. The number of carbonyl (C=O) groups excluding carboxylic acids is 1. The minimum absolute atomic E-state index is 0.209. The van der Waals surface area contributed by atoms with Gasteiger partial charge in [-0.1, -0.05) is 15.9 Å². The predicted octanol–water partition coefficient (Wildman–Crippen LogP) is -0.105. The van der Waals surface area contributed by atoms with Gasteiger partial charge in [0.05, 0.1) is 0 Å². The fraction of sp³-hybridized carbons (Fsp3) is 0.286. The van der Waals surface area contributed by atoms with E-state index in [-0.39, 0.29) is 17.2 Å². The maximum atomic E-state index is 11.2. The zero-order valence-corrected chi connectivity index (χ0v) is 8.30. The zero-order valence-electron chi connectivity index (χ0n) is 6.71. The number of amides is 1. The topological polar surface area (TPSA) is 74.8 Å². The van der Waals surface area contributed by atoms with Crippen LogP contribution in [0.25, 0.3) is 0 Å². The van der Waals surface area contributed by atoms with Gasteiger partial charge in [-0.15, -0.1) is 0 Å². The van der Waals surface area contributed by atoms with Crippen molar-refractivity contribution in [3.05, 3.63) is 28.2 Å². The molecule has 0 aliphatic carbocycles. The van der Waals surface area contributed by atoms with Crippen LogP contribution in [0.5, 0.6) is 0 Å². The Hall–Kier alpha value is -1.17. The van der Waals surface area contributed by atoms with Gasteiger partial charge in [0.2, 0.25) is 0 Å². The van der Waals surface area contributed by atoms with Crippen molar-refractivity contribution in [2.75, 3.05) is 11.9 Å². The third-order valence-electron chi connectivity index (χ3n) is 1.29. The molecule has 1 aromatic rings. The van der Waals surface area contributed by atoms with E-state index in [1.54, 1.807) is 0 Å². The number of hydrogen-bond donors (Lipinski definition) is 2. The predicted molar refractivity (Wildman–Crippen MR) is 51.0 cm³/mol. The van der Waals surface area contributed by atoms with E-state index in [1.807, 2.05) is 0 Å². The third-order valence-corrected chi connectivity index (χ3v) is 1.69. The molecule has 0 fully saturated rings. The van der Waals surface area contributed by atoms with Gasteiger partial charge in [-0.25, -0.2) is 5.10 Å². The van der Waals surface area contributed by atoms with Crippen LogP contribution in [-0.2, 0) is 0 Å². The van der Waals surface area contributed by atoms with Crippen molar-refractivity contribution in [2.45, 2.75) is 0 Å². The highest BCUT2D eigenvalue weighted by Crippen LogP contribution is 1.88. The smallest absolute Gasteiger partial charge is 0.271 e. The van der Waals surface area contributed by atoms with Gasteiger partial charge in [0.1, 0.15) is 5.69 Å². The molecule has 0 radical (unpaired) electrons. The van der Waals surface area contributed by atoms with Crippen molar-refractivity contribution in [3.8, 4) is 0 Å². The van der Waals surface area contributed by atoms with Gasteiger partial charge >= 0.3 is 0 Å². The average molecular weight is 246 g/mol. The van der Waals surface area contributed by atoms with Gasteiger partial charge in [-0.2, -0.15) is 5.10 Å². The van der Waals surface area contributed by atoms with E-state index >= 15 is 0 Å². The summed E-state index contributed by atoms with van der Waals surface area (Å²) in [4.78, 5) is 21.8. The maximum Gasteiger partial charge on any atom is 0.271 e. The van der Waals surface area contributed by atoms with Crippen LogP contribution in [0, 0.1) is 0 Å². The van der Waals surface area contributed by atoms with Crippen LogP contribution in [0.1, 0.15) is 10.5 Å². The Morgan fingerprint density at radius 2 is 2.38 bits per heavy atom. The van der Waals surface area contributed by atoms with Crippen LogP contribution in [0.2, 0.25) is 0 Å². The summed E-state index contributed by atoms with van der Waals surface area (Å²) in [5, 5.41) is 9.03. The molecule has 0 saturated carbocycles. The molecule has 2 N–H and O–H groups in total. The molecular formula is C7H8BrN3O2. The molecule has 0 saturated heterocycles. The number of aromatic nitrogens is 2. The van der Waals surface area contributed by atoms with Gasteiger partial charge in [-0.05, 0) is 6.07 Å². The van der Waals surface area contributed by atoms with Crippen molar-refractivity contribution in [2.24, 2.45) is 0 Å². The van der Waals surface area contributed by atoms with Gasteiger partial charge in [0.15, 0.2) is 0 Å². The molecular weight excluding hydrogens is 238 g/mol. The van der Waals surface area contributed by atoms with Crippen LogP contribution >= 0.6 is 15.9 Å². The summed E-state index contributed by atoms with van der Waals surface area (Å²) in [6, 6.07) is 2.64. The lowest BCUT2D eigenvalue weighted by Gasteiger charge is -1.99. The van der Waals surface area contributed by atoms with Crippen molar-refractivity contribution in [1.82, 2.24) is 15.5 Å². The molecule has 0 aliphatic rings. The van der Waals surface area contributed by atoms with Crippen molar-refractivity contribution in [3.63, 3.8) is 0 Å². The van der Waals surface area contributed by atoms with E-state index in [4.69, 9.17) is 0 Å². The first-order valence-electron chi connectivity index (χ1n) is 3.64. The Morgan fingerprint density at radius 3 is 2.92 bits per heavy atom. The number of alkyl halides is 1. The first-order valence-corrected chi connectivity index (χ1v) is 4.76. The minimum Gasteiger partial charge on any atom is -0.350 e. The molecule has 13 heavy (non-hydrogen) atoms. The summed E-state index contributed by atoms with van der Waals surface area (Å²) in [6.07, 6.45) is 0. The monoisotopic (exact) mass is 245 g/mol. The normalized spacial score (nSPS) is 9.62. The van der Waals surface area contributed by atoms with E-state index in [0.717, 1.165) is 0 Å². The molecule has 0 bridgehead atoms. The Labute approximate surface area is 82.7 Å². The lowest BCUT2D eigenvalue weighted by Crippen LogP contribution is -2.27. The number of rotatable bonds is 3. The van der Waals surface area contributed by atoms with E-state index < -0.39 is 0 Å². The van der Waals surface area contributed by atoms with Crippen LogP contribution in [0.4, 0.5) is 0 Å². The van der Waals surface area contributed by atoms with Crippen LogP contribution in [-0.4, -0.2) is 28.0 Å². The van der Waals surface area contributed by atoms with Crippen molar-refractivity contribution >= 4 is 21.8 Å². The molecule has 0 unspecified atom stereocenters. The van der Waals surface area contributed by atoms with E-state index in [2.05, 4.69) is 31.4 Å². The Balaban J connectivity index is 2.66. The summed E-state index contributed by atoms with van der Waals surface area (Å²) in [6.45, 7) is 0.527. The summed E-state index contributed by atoms with van der Waals surface area (Å²) in [5.41, 5.74) is -0.113. The molecule has 1 heterocycles. The molecule has 1 aromatic heterocycles. The molecule has 5 nitrogen and oxygen atoms in total. The molecule has 1 rings (SSSR count). The number of H-pyrrole nitrogens is 1. The van der Waals surface area contributed by atoms with Crippen LogP contribution < -0.4 is 10.9 Å². The molecule has 0 aromatic carbocycles.